The summed E-state index contributed by atoms with van der Waals surface area (Å²) in [7, 11) is 0. The first-order chi connectivity index (χ1) is 9.29. The Morgan fingerprint density at radius 3 is 2.20 bits per heavy atom. The molecule has 0 aliphatic carbocycles. The number of benzene rings is 1. The fourth-order valence-corrected chi connectivity index (χ4v) is 2.29. The van der Waals surface area contributed by atoms with Gasteiger partial charge in [0.2, 0.25) is 11.8 Å². The molecule has 0 bridgehead atoms. The van der Waals surface area contributed by atoms with E-state index in [0.29, 0.717) is 15.7 Å². The standard InChI is InChI=1S/C14H18Cl2N2O2/c1-9(2)17-14(20)4-5-18(10(3)19)13-7-11(15)6-12(16)8-13/h6-9H,4-5H2,1-3H3,(H,17,20). The molecule has 0 saturated carbocycles. The predicted molar refractivity (Wildman–Crippen MR) is 82.4 cm³/mol. The molecule has 0 saturated heterocycles. The van der Waals surface area contributed by atoms with E-state index in [1.807, 2.05) is 13.8 Å². The highest BCUT2D eigenvalue weighted by molar-refractivity contribution is 6.35. The fourth-order valence-electron chi connectivity index (χ4n) is 1.77. The van der Waals surface area contributed by atoms with Crippen LogP contribution in [-0.2, 0) is 9.59 Å². The number of hydrogen-bond donors (Lipinski definition) is 1. The number of carbonyl (C=O) groups is 2. The van der Waals surface area contributed by atoms with E-state index in [1.165, 1.54) is 11.8 Å². The highest BCUT2D eigenvalue weighted by Gasteiger charge is 2.15. The van der Waals surface area contributed by atoms with Gasteiger partial charge in [0.15, 0.2) is 0 Å². The van der Waals surface area contributed by atoms with Gasteiger partial charge in [-0.25, -0.2) is 0 Å². The van der Waals surface area contributed by atoms with Crippen LogP contribution in [0.15, 0.2) is 18.2 Å². The third-order valence-corrected chi connectivity index (χ3v) is 2.99. The first-order valence-electron chi connectivity index (χ1n) is 6.33. The van der Waals surface area contributed by atoms with Crippen molar-refractivity contribution >= 4 is 40.7 Å². The zero-order valence-electron chi connectivity index (χ0n) is 11.7. The lowest BCUT2D eigenvalue weighted by Gasteiger charge is -2.21. The number of amides is 2. The third-order valence-electron chi connectivity index (χ3n) is 2.55. The number of nitrogens with one attached hydrogen (secondary N) is 1. The van der Waals surface area contributed by atoms with Crippen LogP contribution in [0.1, 0.15) is 27.2 Å². The lowest BCUT2D eigenvalue weighted by atomic mass is 10.2. The predicted octanol–water partition coefficient (Wildman–Crippen LogP) is 3.26. The van der Waals surface area contributed by atoms with E-state index in [0.717, 1.165) is 0 Å². The lowest BCUT2D eigenvalue weighted by molar-refractivity contribution is -0.121. The number of hydrogen-bond acceptors (Lipinski definition) is 2. The Labute approximate surface area is 129 Å². The molecule has 110 valence electrons. The van der Waals surface area contributed by atoms with Gasteiger partial charge in [-0.2, -0.15) is 0 Å². The van der Waals surface area contributed by atoms with Crippen molar-refractivity contribution in [2.45, 2.75) is 33.2 Å². The minimum absolute atomic E-state index is 0.0777. The van der Waals surface area contributed by atoms with Gasteiger partial charge < -0.3 is 10.2 Å². The van der Waals surface area contributed by atoms with Crippen molar-refractivity contribution < 1.29 is 9.59 Å². The molecule has 1 N–H and O–H groups in total. The molecule has 20 heavy (non-hydrogen) atoms. The molecule has 0 fully saturated rings. The Morgan fingerprint density at radius 1 is 1.20 bits per heavy atom. The van der Waals surface area contributed by atoms with Crippen molar-refractivity contribution in [2.75, 3.05) is 11.4 Å². The molecule has 0 spiro atoms. The maximum Gasteiger partial charge on any atom is 0.223 e. The molecule has 0 unspecified atom stereocenters. The molecule has 0 aliphatic rings. The number of carbonyl (C=O) groups excluding carboxylic acids is 2. The first-order valence-corrected chi connectivity index (χ1v) is 7.08. The topological polar surface area (TPSA) is 49.4 Å². The van der Waals surface area contributed by atoms with Crippen LogP contribution < -0.4 is 10.2 Å². The number of nitrogens with zero attached hydrogens (tertiary/aromatic N) is 1. The molecule has 0 radical (unpaired) electrons. The van der Waals surface area contributed by atoms with Crippen molar-refractivity contribution in [3.63, 3.8) is 0 Å². The van der Waals surface area contributed by atoms with Crippen molar-refractivity contribution in [1.29, 1.82) is 0 Å². The van der Waals surface area contributed by atoms with Crippen LogP contribution in [0.4, 0.5) is 5.69 Å². The van der Waals surface area contributed by atoms with E-state index < -0.39 is 0 Å². The van der Waals surface area contributed by atoms with Crippen LogP contribution in [0.25, 0.3) is 0 Å². The van der Waals surface area contributed by atoms with Crippen molar-refractivity contribution in [3.8, 4) is 0 Å². The minimum atomic E-state index is -0.166. The molecule has 4 nitrogen and oxygen atoms in total. The summed E-state index contributed by atoms with van der Waals surface area (Å²) in [6.45, 7) is 5.49. The summed E-state index contributed by atoms with van der Waals surface area (Å²) in [6, 6.07) is 4.97. The average molecular weight is 317 g/mol. The summed E-state index contributed by atoms with van der Waals surface area (Å²) in [5.74, 6) is -0.264. The first kappa shape index (κ1) is 16.8. The summed E-state index contributed by atoms with van der Waals surface area (Å²) in [4.78, 5) is 24.8. The summed E-state index contributed by atoms with van der Waals surface area (Å²) >= 11 is 11.9. The molecular weight excluding hydrogens is 299 g/mol. The Bertz CT molecular complexity index is 484. The summed E-state index contributed by atoms with van der Waals surface area (Å²) in [5.41, 5.74) is 0.590. The number of halogens is 2. The van der Waals surface area contributed by atoms with E-state index >= 15 is 0 Å². The smallest absolute Gasteiger partial charge is 0.223 e. The van der Waals surface area contributed by atoms with Crippen LogP contribution in [0.2, 0.25) is 10.0 Å². The van der Waals surface area contributed by atoms with Crippen molar-refractivity contribution in [3.05, 3.63) is 28.2 Å². The van der Waals surface area contributed by atoms with Crippen LogP contribution >= 0.6 is 23.2 Å². The van der Waals surface area contributed by atoms with Gasteiger partial charge in [0.1, 0.15) is 0 Å². The van der Waals surface area contributed by atoms with Gasteiger partial charge in [0.05, 0.1) is 0 Å². The Morgan fingerprint density at radius 2 is 1.75 bits per heavy atom. The van der Waals surface area contributed by atoms with Gasteiger partial charge in [-0.1, -0.05) is 23.2 Å². The highest BCUT2D eigenvalue weighted by atomic mass is 35.5. The fraction of sp³-hybridized carbons (Fsp3) is 0.429. The van der Waals surface area contributed by atoms with Gasteiger partial charge in [0.25, 0.3) is 0 Å². The summed E-state index contributed by atoms with van der Waals surface area (Å²) in [6.07, 6.45) is 0.224. The van der Waals surface area contributed by atoms with E-state index in [-0.39, 0.29) is 30.8 Å². The average Bonchev–Trinajstić information content (AvgIpc) is 2.26. The molecule has 0 aromatic heterocycles. The highest BCUT2D eigenvalue weighted by Crippen LogP contribution is 2.25. The normalized spacial score (nSPS) is 10.5. The molecule has 0 heterocycles. The van der Waals surface area contributed by atoms with Crippen LogP contribution in [-0.4, -0.2) is 24.4 Å². The number of rotatable bonds is 5. The molecule has 1 aromatic carbocycles. The maximum atomic E-state index is 11.7. The zero-order chi connectivity index (χ0) is 15.3. The van der Waals surface area contributed by atoms with Gasteiger partial charge in [0, 0.05) is 41.7 Å². The SMILES string of the molecule is CC(=O)N(CCC(=O)NC(C)C)c1cc(Cl)cc(Cl)c1. The largest absolute Gasteiger partial charge is 0.354 e. The second-order valence-electron chi connectivity index (χ2n) is 4.77. The Balaban J connectivity index is 2.79. The van der Waals surface area contributed by atoms with E-state index in [9.17, 15) is 9.59 Å². The molecule has 0 aliphatic heterocycles. The zero-order valence-corrected chi connectivity index (χ0v) is 13.3. The molecular formula is C14H18Cl2N2O2. The van der Waals surface area contributed by atoms with Crippen LogP contribution in [0.3, 0.4) is 0 Å². The second-order valence-corrected chi connectivity index (χ2v) is 5.64. The summed E-state index contributed by atoms with van der Waals surface area (Å²) in [5, 5.41) is 3.68. The van der Waals surface area contributed by atoms with E-state index in [2.05, 4.69) is 5.32 Å². The minimum Gasteiger partial charge on any atom is -0.354 e. The van der Waals surface area contributed by atoms with Crippen molar-refractivity contribution in [1.82, 2.24) is 5.32 Å². The molecule has 0 atom stereocenters. The molecule has 1 aromatic rings. The quantitative estimate of drug-likeness (QED) is 0.906. The van der Waals surface area contributed by atoms with Gasteiger partial charge in [-0.15, -0.1) is 0 Å². The molecule has 6 heteroatoms. The van der Waals surface area contributed by atoms with E-state index in [4.69, 9.17) is 23.2 Å². The number of anilines is 1. The summed E-state index contributed by atoms with van der Waals surface area (Å²) < 4.78 is 0. The lowest BCUT2D eigenvalue weighted by Crippen LogP contribution is -2.36. The van der Waals surface area contributed by atoms with Gasteiger partial charge in [-0.05, 0) is 32.0 Å². The van der Waals surface area contributed by atoms with Crippen LogP contribution in [0, 0.1) is 0 Å². The maximum absolute atomic E-state index is 11.7. The monoisotopic (exact) mass is 316 g/mol. The van der Waals surface area contributed by atoms with E-state index in [1.54, 1.807) is 18.2 Å². The van der Waals surface area contributed by atoms with Gasteiger partial charge >= 0.3 is 0 Å². The van der Waals surface area contributed by atoms with Crippen molar-refractivity contribution in [2.24, 2.45) is 0 Å². The van der Waals surface area contributed by atoms with Gasteiger partial charge in [-0.3, -0.25) is 9.59 Å². The molecule has 2 amide bonds. The second kappa shape index (κ2) is 7.50. The van der Waals surface area contributed by atoms with Crippen LogP contribution in [0.5, 0.6) is 0 Å². The third kappa shape index (κ3) is 5.39. The molecule has 1 rings (SSSR count). The Kier molecular flexibility index (Phi) is 6.30. The Hall–Kier alpha value is -1.26.